The van der Waals surface area contributed by atoms with E-state index in [9.17, 15) is 0 Å². The fourth-order valence-corrected chi connectivity index (χ4v) is 3.02. The number of nitrogens with two attached hydrogens (primary N) is 1. The summed E-state index contributed by atoms with van der Waals surface area (Å²) in [6.45, 7) is 2.09. The first kappa shape index (κ1) is 11.3. The van der Waals surface area contributed by atoms with Crippen molar-refractivity contribution >= 4 is 16.9 Å². The predicted molar refractivity (Wildman–Crippen MR) is 75.9 cm³/mol. The zero-order valence-corrected chi connectivity index (χ0v) is 11.4. The summed E-state index contributed by atoms with van der Waals surface area (Å²) in [6, 6.07) is 0. The highest BCUT2D eigenvalue weighted by molar-refractivity contribution is 5.85. The van der Waals surface area contributed by atoms with Crippen LogP contribution >= 0.6 is 0 Å². The second-order valence-corrected chi connectivity index (χ2v) is 6.30. The number of nitrogens with zero attached hydrogens (tertiary/aromatic N) is 2. The number of H-pyrrole nitrogens is 1. The molecule has 0 saturated heterocycles. The molecule has 0 radical (unpaired) electrons. The van der Waals surface area contributed by atoms with Gasteiger partial charge in [-0.3, -0.25) is 5.10 Å². The van der Waals surface area contributed by atoms with Crippen molar-refractivity contribution in [1.29, 1.82) is 0 Å². The van der Waals surface area contributed by atoms with Crippen LogP contribution in [-0.4, -0.2) is 15.2 Å². The molecule has 2 saturated carbocycles. The molecule has 3 N–H and O–H groups in total. The van der Waals surface area contributed by atoms with Crippen molar-refractivity contribution in [3.8, 4) is 0 Å². The highest BCUT2D eigenvalue weighted by Crippen LogP contribution is 2.40. The summed E-state index contributed by atoms with van der Waals surface area (Å²) in [7, 11) is 0. The van der Waals surface area contributed by atoms with Crippen LogP contribution in [0.1, 0.15) is 42.5 Å². The van der Waals surface area contributed by atoms with Crippen LogP contribution in [0.5, 0.6) is 0 Å². The van der Waals surface area contributed by atoms with Crippen molar-refractivity contribution < 1.29 is 0 Å². The summed E-state index contributed by atoms with van der Waals surface area (Å²) in [5, 5.41) is 8.59. The first-order valence-corrected chi connectivity index (χ1v) is 7.34. The number of rotatable bonds is 4. The maximum Gasteiger partial charge on any atom is 0.183 e. The third-order valence-electron chi connectivity index (χ3n) is 4.51. The van der Waals surface area contributed by atoms with Crippen LogP contribution in [0.4, 0.5) is 5.82 Å². The molecule has 0 spiro atoms. The summed E-state index contributed by atoms with van der Waals surface area (Å²) in [5.74, 6) is 2.41. The van der Waals surface area contributed by atoms with Crippen molar-refractivity contribution in [2.75, 3.05) is 5.73 Å². The van der Waals surface area contributed by atoms with Crippen molar-refractivity contribution in [3.63, 3.8) is 0 Å². The molecule has 2 aliphatic carbocycles. The lowest BCUT2D eigenvalue weighted by atomic mass is 9.95. The minimum Gasteiger partial charge on any atom is -0.383 e. The predicted octanol–water partition coefficient (Wildman–Crippen LogP) is 2.75. The second kappa shape index (κ2) is 3.95. The first-order chi connectivity index (χ1) is 9.22. The lowest BCUT2D eigenvalue weighted by molar-refractivity contribution is 0.784. The Bertz CT molecular complexity index is 635. The van der Waals surface area contributed by atoms with E-state index in [1.807, 2.05) is 0 Å². The summed E-state index contributed by atoms with van der Waals surface area (Å²) in [4.78, 5) is 4.50. The fourth-order valence-electron chi connectivity index (χ4n) is 3.02. The standard InChI is InChI=1S/C15H20N4/c1-8-13-11(6-9-2-3-9)12(7-10-4-5-10)14(16)17-15(13)19-18-8/h9-10H,2-7H2,1H3,(H3,16,17,18,19). The summed E-state index contributed by atoms with van der Waals surface area (Å²) >= 11 is 0. The van der Waals surface area contributed by atoms with Crippen molar-refractivity contribution in [3.05, 3.63) is 16.8 Å². The van der Waals surface area contributed by atoms with E-state index in [0.717, 1.165) is 36.0 Å². The quantitative estimate of drug-likeness (QED) is 0.883. The molecular weight excluding hydrogens is 236 g/mol. The monoisotopic (exact) mass is 256 g/mol. The van der Waals surface area contributed by atoms with E-state index in [4.69, 9.17) is 5.73 Å². The molecule has 0 bridgehead atoms. The van der Waals surface area contributed by atoms with Gasteiger partial charge in [-0.05, 0) is 68.4 Å². The number of nitrogens with one attached hydrogen (secondary N) is 1. The van der Waals surface area contributed by atoms with Gasteiger partial charge < -0.3 is 5.73 Å². The lowest BCUT2D eigenvalue weighted by Gasteiger charge is -2.13. The second-order valence-electron chi connectivity index (χ2n) is 6.30. The van der Waals surface area contributed by atoms with Gasteiger partial charge in [0.1, 0.15) is 5.82 Å². The molecule has 4 heteroatoms. The van der Waals surface area contributed by atoms with E-state index >= 15 is 0 Å². The van der Waals surface area contributed by atoms with Crippen LogP contribution in [0.25, 0.3) is 11.0 Å². The van der Waals surface area contributed by atoms with E-state index in [1.165, 1.54) is 42.2 Å². The molecule has 2 aromatic heterocycles. The maximum absolute atomic E-state index is 6.20. The van der Waals surface area contributed by atoms with Gasteiger partial charge in [0, 0.05) is 11.1 Å². The van der Waals surface area contributed by atoms with Gasteiger partial charge in [-0.2, -0.15) is 5.10 Å². The van der Waals surface area contributed by atoms with Crippen LogP contribution in [0.15, 0.2) is 0 Å². The number of aryl methyl sites for hydroxylation is 1. The number of fused-ring (bicyclic) bond motifs is 1. The Labute approximate surface area is 112 Å². The third-order valence-corrected chi connectivity index (χ3v) is 4.51. The van der Waals surface area contributed by atoms with E-state index in [1.54, 1.807) is 0 Å². The molecular formula is C15H20N4. The third kappa shape index (κ3) is 1.99. The topological polar surface area (TPSA) is 67.6 Å². The smallest absolute Gasteiger partial charge is 0.183 e. The number of nitrogen functional groups attached to an aromatic ring is 1. The van der Waals surface area contributed by atoms with Crippen molar-refractivity contribution in [2.24, 2.45) is 11.8 Å². The lowest BCUT2D eigenvalue weighted by Crippen LogP contribution is -2.06. The number of aromatic amines is 1. The SMILES string of the molecule is Cc1[nH]nc2nc(N)c(CC3CC3)c(CC3CC3)c12. The van der Waals surface area contributed by atoms with Gasteiger partial charge in [-0.1, -0.05) is 0 Å². The van der Waals surface area contributed by atoms with Gasteiger partial charge in [0.2, 0.25) is 0 Å². The number of anilines is 1. The molecule has 100 valence electrons. The normalized spacial score (nSPS) is 19.2. The Morgan fingerprint density at radius 1 is 1.11 bits per heavy atom. The van der Waals surface area contributed by atoms with Gasteiger partial charge in [0.05, 0.1) is 0 Å². The van der Waals surface area contributed by atoms with Crippen LogP contribution in [0, 0.1) is 18.8 Å². The molecule has 0 aromatic carbocycles. The maximum atomic E-state index is 6.20. The molecule has 2 heterocycles. The first-order valence-electron chi connectivity index (χ1n) is 7.34. The average Bonchev–Trinajstić information content (AvgIpc) is 3.27. The fraction of sp³-hybridized carbons (Fsp3) is 0.600. The Morgan fingerprint density at radius 3 is 2.37 bits per heavy atom. The minimum atomic E-state index is 0.710. The molecule has 2 fully saturated rings. The Hall–Kier alpha value is -1.58. The van der Waals surface area contributed by atoms with Crippen molar-refractivity contribution in [1.82, 2.24) is 15.2 Å². The molecule has 0 amide bonds. The van der Waals surface area contributed by atoms with Gasteiger partial charge in [0.15, 0.2) is 5.65 Å². The van der Waals surface area contributed by atoms with E-state index < -0.39 is 0 Å². The minimum absolute atomic E-state index is 0.710. The summed E-state index contributed by atoms with van der Waals surface area (Å²) < 4.78 is 0. The number of aromatic nitrogens is 3. The summed E-state index contributed by atoms with van der Waals surface area (Å²) in [6.07, 6.45) is 7.70. The largest absolute Gasteiger partial charge is 0.383 e. The number of pyridine rings is 1. The molecule has 2 aliphatic rings. The van der Waals surface area contributed by atoms with Gasteiger partial charge >= 0.3 is 0 Å². The van der Waals surface area contributed by atoms with Crippen molar-refractivity contribution in [2.45, 2.75) is 45.4 Å². The van der Waals surface area contributed by atoms with Gasteiger partial charge in [0.25, 0.3) is 0 Å². The van der Waals surface area contributed by atoms with E-state index in [-0.39, 0.29) is 0 Å². The average molecular weight is 256 g/mol. The Kier molecular flexibility index (Phi) is 2.34. The summed E-state index contributed by atoms with van der Waals surface area (Å²) in [5.41, 5.74) is 10.9. The van der Waals surface area contributed by atoms with Gasteiger partial charge in [-0.15, -0.1) is 0 Å². The van der Waals surface area contributed by atoms with E-state index in [2.05, 4.69) is 22.1 Å². The highest BCUT2D eigenvalue weighted by atomic mass is 15.2. The molecule has 4 nitrogen and oxygen atoms in total. The Morgan fingerprint density at radius 2 is 1.74 bits per heavy atom. The molecule has 4 rings (SSSR count). The van der Waals surface area contributed by atoms with Gasteiger partial charge in [-0.25, -0.2) is 4.98 Å². The Balaban J connectivity index is 1.89. The van der Waals surface area contributed by atoms with E-state index in [0.29, 0.717) is 5.82 Å². The molecule has 19 heavy (non-hydrogen) atoms. The van der Waals surface area contributed by atoms with Crippen LogP contribution < -0.4 is 5.73 Å². The molecule has 0 atom stereocenters. The highest BCUT2D eigenvalue weighted by Gasteiger charge is 2.29. The zero-order chi connectivity index (χ0) is 13.0. The molecule has 2 aromatic rings. The van der Waals surface area contributed by atoms with Crippen LogP contribution in [0.2, 0.25) is 0 Å². The van der Waals surface area contributed by atoms with Crippen LogP contribution in [-0.2, 0) is 12.8 Å². The number of hydrogen-bond acceptors (Lipinski definition) is 3. The van der Waals surface area contributed by atoms with Crippen LogP contribution in [0.3, 0.4) is 0 Å². The zero-order valence-electron chi connectivity index (χ0n) is 11.4. The molecule has 0 aliphatic heterocycles. The molecule has 0 unspecified atom stereocenters. The number of hydrogen-bond donors (Lipinski definition) is 2.